The summed E-state index contributed by atoms with van der Waals surface area (Å²) in [6.45, 7) is 8.69. The van der Waals surface area contributed by atoms with Gasteiger partial charge in [-0.15, -0.1) is 0 Å². The molecule has 0 aliphatic carbocycles. The SMILES string of the molecule is CCCC1OC(=O)CNC(=O)C(Cc2ccccc2)N(C)C(=O)C2CCCN2C(=O)C(Cc2ccccc2)N(C)C(=O)C(C(C)C)NC(=O)C1(C)C. The van der Waals surface area contributed by atoms with Crippen LogP contribution in [0.15, 0.2) is 60.7 Å². The molecule has 2 saturated heterocycles. The van der Waals surface area contributed by atoms with Crippen molar-refractivity contribution >= 4 is 35.5 Å². The smallest absolute Gasteiger partial charge is 0.325 e. The Morgan fingerprint density at radius 1 is 0.808 bits per heavy atom. The summed E-state index contributed by atoms with van der Waals surface area (Å²) in [4.78, 5) is 88.7. The molecule has 0 bridgehead atoms. The Balaban J connectivity index is 1.80. The fourth-order valence-corrected chi connectivity index (χ4v) is 7.00. The van der Waals surface area contributed by atoms with E-state index in [0.717, 1.165) is 11.1 Å². The first-order valence-corrected chi connectivity index (χ1v) is 18.4. The molecule has 2 aliphatic heterocycles. The predicted octanol–water partition coefficient (Wildman–Crippen LogP) is 3.13. The molecule has 5 unspecified atom stereocenters. The van der Waals surface area contributed by atoms with E-state index in [9.17, 15) is 28.8 Å². The van der Waals surface area contributed by atoms with Gasteiger partial charge in [-0.2, -0.15) is 0 Å². The maximum Gasteiger partial charge on any atom is 0.325 e. The van der Waals surface area contributed by atoms with Crippen LogP contribution in [0.1, 0.15) is 71.4 Å². The van der Waals surface area contributed by atoms with Crippen molar-refractivity contribution in [2.75, 3.05) is 27.2 Å². The Kier molecular flexibility index (Phi) is 13.6. The number of benzene rings is 2. The average Bonchev–Trinajstić information content (AvgIpc) is 3.63. The van der Waals surface area contributed by atoms with Crippen LogP contribution in [0.5, 0.6) is 0 Å². The highest BCUT2D eigenvalue weighted by atomic mass is 16.5. The minimum atomic E-state index is -1.25. The number of carbonyl (C=O) groups is 6. The number of nitrogens with one attached hydrogen (secondary N) is 2. The van der Waals surface area contributed by atoms with E-state index in [1.165, 1.54) is 14.7 Å². The lowest BCUT2D eigenvalue weighted by Crippen LogP contribution is -2.60. The van der Waals surface area contributed by atoms with E-state index in [0.29, 0.717) is 32.2 Å². The van der Waals surface area contributed by atoms with Gasteiger partial charge < -0.3 is 30.1 Å². The molecule has 2 fully saturated rings. The van der Waals surface area contributed by atoms with Gasteiger partial charge in [0.2, 0.25) is 29.5 Å². The minimum absolute atomic E-state index is 0.167. The summed E-state index contributed by atoms with van der Waals surface area (Å²) >= 11 is 0. The molecule has 2 heterocycles. The molecule has 5 atom stereocenters. The Hall–Kier alpha value is -4.74. The van der Waals surface area contributed by atoms with E-state index in [2.05, 4.69) is 10.6 Å². The molecular weight excluding hydrogens is 662 g/mol. The van der Waals surface area contributed by atoms with Crippen LogP contribution >= 0.6 is 0 Å². The number of ether oxygens (including phenoxy) is 1. The van der Waals surface area contributed by atoms with E-state index in [1.807, 2.05) is 81.4 Å². The van der Waals surface area contributed by atoms with Gasteiger partial charge in [-0.1, -0.05) is 87.9 Å². The van der Waals surface area contributed by atoms with Crippen molar-refractivity contribution in [3.63, 3.8) is 0 Å². The quantitative estimate of drug-likeness (QED) is 0.419. The molecule has 282 valence electrons. The molecule has 0 spiro atoms. The normalized spacial score (nSPS) is 25.5. The van der Waals surface area contributed by atoms with Crippen LogP contribution in [-0.4, -0.2) is 108 Å². The average molecular weight is 718 g/mol. The number of nitrogens with zero attached hydrogens (tertiary/aromatic N) is 3. The second kappa shape index (κ2) is 17.7. The highest BCUT2D eigenvalue weighted by molar-refractivity contribution is 5.97. The zero-order chi connectivity index (χ0) is 38.2. The summed E-state index contributed by atoms with van der Waals surface area (Å²) in [6.07, 6.45) is 1.39. The Labute approximate surface area is 307 Å². The third kappa shape index (κ3) is 9.37. The van der Waals surface area contributed by atoms with Crippen LogP contribution in [0.3, 0.4) is 0 Å². The van der Waals surface area contributed by atoms with Gasteiger partial charge in [-0.05, 0) is 50.2 Å². The fourth-order valence-electron chi connectivity index (χ4n) is 7.00. The molecule has 12 nitrogen and oxygen atoms in total. The van der Waals surface area contributed by atoms with Crippen molar-refractivity contribution < 1.29 is 33.5 Å². The maximum absolute atomic E-state index is 14.7. The Morgan fingerprint density at radius 3 is 1.92 bits per heavy atom. The highest BCUT2D eigenvalue weighted by Gasteiger charge is 2.45. The lowest BCUT2D eigenvalue weighted by molar-refractivity contribution is -0.160. The van der Waals surface area contributed by atoms with E-state index < -0.39 is 71.8 Å². The summed E-state index contributed by atoms with van der Waals surface area (Å²) in [7, 11) is 3.10. The van der Waals surface area contributed by atoms with Crippen LogP contribution < -0.4 is 10.6 Å². The van der Waals surface area contributed by atoms with Crippen LogP contribution in [0.2, 0.25) is 0 Å². The minimum Gasteiger partial charge on any atom is -0.460 e. The third-order valence-corrected chi connectivity index (χ3v) is 10.4. The molecule has 2 aromatic carbocycles. The fraction of sp³-hybridized carbons (Fsp3) is 0.550. The van der Waals surface area contributed by atoms with Crippen LogP contribution in [0.25, 0.3) is 0 Å². The number of fused-ring (bicyclic) bond motifs is 1. The largest absolute Gasteiger partial charge is 0.460 e. The summed E-state index contributed by atoms with van der Waals surface area (Å²) in [5, 5.41) is 5.59. The molecule has 12 heteroatoms. The second-order valence-electron chi connectivity index (χ2n) is 14.9. The number of amides is 5. The number of rotatable bonds is 7. The van der Waals surface area contributed by atoms with Gasteiger partial charge >= 0.3 is 5.97 Å². The van der Waals surface area contributed by atoms with Gasteiger partial charge in [0.05, 0.1) is 5.41 Å². The third-order valence-electron chi connectivity index (χ3n) is 10.4. The molecule has 2 N–H and O–H groups in total. The lowest BCUT2D eigenvalue weighted by atomic mass is 9.82. The summed E-state index contributed by atoms with van der Waals surface area (Å²) in [5.41, 5.74) is 0.379. The standard InChI is InChI=1S/C40H55N5O7/c1-8-16-32-40(4,5)39(51)42-34(26(2)3)38(50)44(7)31(24-28-19-13-10-14-20-28)37(49)45-22-15-21-29(45)36(48)43(6)30(23-27-17-11-9-12-18-27)35(47)41-25-33(46)52-32/h9-14,17-20,26,29-32,34H,8,15-16,21-25H2,1-7H3,(H,41,47)(H,42,51). The van der Waals surface area contributed by atoms with E-state index in [4.69, 9.17) is 4.74 Å². The van der Waals surface area contributed by atoms with Gasteiger partial charge in [0.25, 0.3) is 0 Å². The molecule has 2 aromatic rings. The van der Waals surface area contributed by atoms with Gasteiger partial charge in [-0.25, -0.2) is 0 Å². The topological polar surface area (TPSA) is 145 Å². The van der Waals surface area contributed by atoms with Crippen molar-refractivity contribution in [1.29, 1.82) is 0 Å². The molecule has 0 radical (unpaired) electrons. The molecule has 0 aromatic heterocycles. The summed E-state index contributed by atoms with van der Waals surface area (Å²) in [6, 6.07) is 14.7. The molecule has 5 amide bonds. The first-order valence-electron chi connectivity index (χ1n) is 18.4. The molecular formula is C40H55N5O7. The van der Waals surface area contributed by atoms with Crippen molar-refractivity contribution in [2.24, 2.45) is 11.3 Å². The zero-order valence-electron chi connectivity index (χ0n) is 31.6. The number of hydrogen-bond acceptors (Lipinski definition) is 7. The van der Waals surface area contributed by atoms with Gasteiger partial charge in [0, 0.05) is 33.5 Å². The second-order valence-corrected chi connectivity index (χ2v) is 14.9. The Morgan fingerprint density at radius 2 is 1.37 bits per heavy atom. The first-order chi connectivity index (χ1) is 24.7. The lowest BCUT2D eigenvalue weighted by Gasteiger charge is -2.38. The van der Waals surface area contributed by atoms with Gasteiger partial charge in [0.1, 0.15) is 36.8 Å². The van der Waals surface area contributed by atoms with Gasteiger partial charge in [-0.3, -0.25) is 28.8 Å². The molecule has 4 rings (SSSR count). The van der Waals surface area contributed by atoms with E-state index in [-0.39, 0.29) is 24.7 Å². The number of carbonyl (C=O) groups excluding carboxylic acids is 6. The summed E-state index contributed by atoms with van der Waals surface area (Å²) in [5.74, 6) is -3.37. The van der Waals surface area contributed by atoms with Gasteiger partial charge in [0.15, 0.2) is 0 Å². The molecule has 2 aliphatic rings. The molecule has 52 heavy (non-hydrogen) atoms. The maximum atomic E-state index is 14.7. The van der Waals surface area contributed by atoms with E-state index >= 15 is 0 Å². The van der Waals surface area contributed by atoms with Crippen LogP contribution in [0.4, 0.5) is 0 Å². The number of cyclic esters (lactones) is 1. The monoisotopic (exact) mass is 717 g/mol. The Bertz CT molecular complexity index is 1580. The predicted molar refractivity (Wildman–Crippen MR) is 196 cm³/mol. The first kappa shape index (κ1) is 40.0. The number of likely N-dealkylation sites (N-methyl/N-ethyl adjacent to an activating group) is 2. The number of esters is 1. The van der Waals surface area contributed by atoms with Crippen molar-refractivity contribution in [1.82, 2.24) is 25.3 Å². The molecule has 0 saturated carbocycles. The summed E-state index contributed by atoms with van der Waals surface area (Å²) < 4.78 is 5.85. The van der Waals surface area contributed by atoms with Crippen molar-refractivity contribution in [3.8, 4) is 0 Å². The highest BCUT2D eigenvalue weighted by Crippen LogP contribution is 2.29. The van der Waals surface area contributed by atoms with Crippen molar-refractivity contribution in [2.45, 2.75) is 103 Å². The van der Waals surface area contributed by atoms with Crippen LogP contribution in [0, 0.1) is 11.3 Å². The number of hydrogen-bond donors (Lipinski definition) is 2. The van der Waals surface area contributed by atoms with Crippen molar-refractivity contribution in [3.05, 3.63) is 71.8 Å². The zero-order valence-corrected chi connectivity index (χ0v) is 31.6. The van der Waals surface area contributed by atoms with Crippen LogP contribution in [-0.2, 0) is 46.3 Å². The van der Waals surface area contributed by atoms with E-state index in [1.54, 1.807) is 27.9 Å².